The highest BCUT2D eigenvalue weighted by Crippen LogP contribution is 2.20. The number of rotatable bonds is 5. The van der Waals surface area contributed by atoms with E-state index in [2.05, 4.69) is 10.0 Å². The van der Waals surface area contributed by atoms with Crippen molar-refractivity contribution >= 4 is 27.5 Å². The molecule has 1 unspecified atom stereocenters. The molecule has 8 heteroatoms. The number of likely N-dealkylation sites (tertiary alicyclic amines) is 1. The number of piperidine rings is 1. The van der Waals surface area contributed by atoms with E-state index in [0.29, 0.717) is 24.3 Å². The largest absolute Gasteiger partial charge is 0.354 e. The van der Waals surface area contributed by atoms with E-state index in [9.17, 15) is 18.0 Å². The van der Waals surface area contributed by atoms with Crippen LogP contribution in [0.2, 0.25) is 0 Å². The highest BCUT2D eigenvalue weighted by atomic mass is 32.2. The molecule has 0 aromatic heterocycles. The van der Waals surface area contributed by atoms with E-state index in [1.165, 1.54) is 6.07 Å². The number of hydrogen-bond acceptors (Lipinski definition) is 4. The van der Waals surface area contributed by atoms with Crippen LogP contribution in [0.3, 0.4) is 0 Å². The highest BCUT2D eigenvalue weighted by Gasteiger charge is 2.29. The van der Waals surface area contributed by atoms with Crippen molar-refractivity contribution in [1.82, 2.24) is 10.2 Å². The summed E-state index contributed by atoms with van der Waals surface area (Å²) in [6, 6.07) is 6.45. The minimum absolute atomic E-state index is 0.0278. The molecule has 1 atom stereocenters. The van der Waals surface area contributed by atoms with Crippen LogP contribution in [0.5, 0.6) is 0 Å². The van der Waals surface area contributed by atoms with E-state index in [-0.39, 0.29) is 23.8 Å². The number of amides is 2. The van der Waals surface area contributed by atoms with Gasteiger partial charge in [0, 0.05) is 30.4 Å². The molecule has 1 aliphatic rings. The topological polar surface area (TPSA) is 95.6 Å². The molecule has 1 aromatic rings. The molecule has 1 heterocycles. The normalized spacial score (nSPS) is 18.1. The van der Waals surface area contributed by atoms with Gasteiger partial charge in [0.15, 0.2) is 0 Å². The number of anilines is 1. The van der Waals surface area contributed by atoms with E-state index >= 15 is 0 Å². The standard InChI is InChI=1S/C17H25N3O4S/c1-12(2)18-16(21)14-7-5-9-20(11-14)17(22)13-6-4-8-15(10-13)19-25(3,23)24/h4,6,8,10,12,14,19H,5,7,9,11H2,1-3H3,(H,18,21). The molecule has 0 aliphatic carbocycles. The van der Waals surface area contributed by atoms with Gasteiger partial charge < -0.3 is 10.2 Å². The van der Waals surface area contributed by atoms with Gasteiger partial charge in [-0.05, 0) is 44.9 Å². The fourth-order valence-electron chi connectivity index (χ4n) is 2.89. The number of benzene rings is 1. The molecular formula is C17H25N3O4S. The van der Waals surface area contributed by atoms with Gasteiger partial charge in [0.2, 0.25) is 15.9 Å². The van der Waals surface area contributed by atoms with E-state index < -0.39 is 10.0 Å². The van der Waals surface area contributed by atoms with E-state index in [4.69, 9.17) is 0 Å². The Morgan fingerprint density at radius 3 is 2.64 bits per heavy atom. The summed E-state index contributed by atoms with van der Waals surface area (Å²) >= 11 is 0. The first-order chi connectivity index (χ1) is 11.7. The lowest BCUT2D eigenvalue weighted by atomic mass is 9.96. The summed E-state index contributed by atoms with van der Waals surface area (Å²) in [7, 11) is -3.40. The first kappa shape index (κ1) is 19.2. The quantitative estimate of drug-likeness (QED) is 0.823. The third kappa shape index (κ3) is 5.74. The van der Waals surface area contributed by atoms with Crippen molar-refractivity contribution in [3.8, 4) is 0 Å². The Labute approximate surface area is 148 Å². The second-order valence-electron chi connectivity index (χ2n) is 6.71. The van der Waals surface area contributed by atoms with Crippen LogP contribution in [-0.4, -0.2) is 50.5 Å². The number of nitrogens with zero attached hydrogens (tertiary/aromatic N) is 1. The minimum Gasteiger partial charge on any atom is -0.354 e. The van der Waals surface area contributed by atoms with Crippen molar-refractivity contribution in [3.05, 3.63) is 29.8 Å². The fraction of sp³-hybridized carbons (Fsp3) is 0.529. The molecule has 138 valence electrons. The average molecular weight is 367 g/mol. The molecule has 1 aromatic carbocycles. The molecule has 1 saturated heterocycles. The van der Waals surface area contributed by atoms with Crippen molar-refractivity contribution in [2.45, 2.75) is 32.7 Å². The third-order valence-corrected chi connectivity index (χ3v) is 4.53. The first-order valence-electron chi connectivity index (χ1n) is 8.33. The Morgan fingerprint density at radius 2 is 2.00 bits per heavy atom. The lowest BCUT2D eigenvalue weighted by molar-refractivity contribution is -0.126. The molecule has 0 saturated carbocycles. The first-order valence-corrected chi connectivity index (χ1v) is 10.2. The van der Waals surface area contributed by atoms with Gasteiger partial charge in [-0.25, -0.2) is 8.42 Å². The molecule has 1 aliphatic heterocycles. The second kappa shape index (κ2) is 7.86. The number of nitrogens with one attached hydrogen (secondary N) is 2. The molecule has 0 spiro atoms. The SMILES string of the molecule is CC(C)NC(=O)C1CCCN(C(=O)c2cccc(NS(C)(=O)=O)c2)C1. The van der Waals surface area contributed by atoms with Crippen molar-refractivity contribution in [3.63, 3.8) is 0 Å². The van der Waals surface area contributed by atoms with Crippen LogP contribution in [0.1, 0.15) is 37.0 Å². The number of carbonyl (C=O) groups is 2. The molecule has 2 N–H and O–H groups in total. The van der Waals surface area contributed by atoms with Gasteiger partial charge in [-0.1, -0.05) is 6.07 Å². The van der Waals surface area contributed by atoms with Gasteiger partial charge in [-0.3, -0.25) is 14.3 Å². The predicted octanol–water partition coefficient (Wildman–Crippen LogP) is 1.43. The van der Waals surface area contributed by atoms with Crippen molar-refractivity contribution in [2.24, 2.45) is 5.92 Å². The number of sulfonamides is 1. The van der Waals surface area contributed by atoms with Crippen molar-refractivity contribution in [1.29, 1.82) is 0 Å². The van der Waals surface area contributed by atoms with Crippen LogP contribution >= 0.6 is 0 Å². The predicted molar refractivity (Wildman–Crippen MR) is 96.8 cm³/mol. The second-order valence-corrected chi connectivity index (χ2v) is 8.46. The van der Waals surface area contributed by atoms with Crippen LogP contribution in [0, 0.1) is 5.92 Å². The minimum atomic E-state index is -3.40. The van der Waals surface area contributed by atoms with Gasteiger partial charge >= 0.3 is 0 Å². The Bertz CT molecular complexity index is 746. The summed E-state index contributed by atoms with van der Waals surface area (Å²) in [4.78, 5) is 26.6. The fourth-order valence-corrected chi connectivity index (χ4v) is 3.45. The monoisotopic (exact) mass is 367 g/mol. The summed E-state index contributed by atoms with van der Waals surface area (Å²) in [5.41, 5.74) is 0.748. The van der Waals surface area contributed by atoms with E-state index in [0.717, 1.165) is 19.1 Å². The highest BCUT2D eigenvalue weighted by molar-refractivity contribution is 7.92. The van der Waals surface area contributed by atoms with E-state index in [1.54, 1.807) is 23.1 Å². The molecule has 1 fully saturated rings. The summed E-state index contributed by atoms with van der Waals surface area (Å²) < 4.78 is 25.0. The van der Waals surface area contributed by atoms with Gasteiger partial charge in [-0.2, -0.15) is 0 Å². The summed E-state index contributed by atoms with van der Waals surface area (Å²) in [6.45, 7) is 4.78. The molecule has 7 nitrogen and oxygen atoms in total. The zero-order valence-corrected chi connectivity index (χ0v) is 15.6. The Hall–Kier alpha value is -2.09. The summed E-state index contributed by atoms with van der Waals surface area (Å²) in [5.74, 6) is -0.434. The maximum absolute atomic E-state index is 12.7. The average Bonchev–Trinajstić information content (AvgIpc) is 2.52. The lowest BCUT2D eigenvalue weighted by Gasteiger charge is -2.32. The molecular weight excluding hydrogens is 342 g/mol. The van der Waals surface area contributed by atoms with Crippen LogP contribution in [0.15, 0.2) is 24.3 Å². The van der Waals surface area contributed by atoms with E-state index in [1.807, 2.05) is 13.8 Å². The van der Waals surface area contributed by atoms with Crippen LogP contribution in [-0.2, 0) is 14.8 Å². The third-order valence-electron chi connectivity index (χ3n) is 3.92. The van der Waals surface area contributed by atoms with Crippen LogP contribution in [0.4, 0.5) is 5.69 Å². The molecule has 0 bridgehead atoms. The smallest absolute Gasteiger partial charge is 0.253 e. The van der Waals surface area contributed by atoms with Crippen molar-refractivity contribution in [2.75, 3.05) is 24.1 Å². The number of carbonyl (C=O) groups excluding carboxylic acids is 2. The van der Waals surface area contributed by atoms with Gasteiger partial charge in [0.1, 0.15) is 0 Å². The molecule has 25 heavy (non-hydrogen) atoms. The van der Waals surface area contributed by atoms with Gasteiger partial charge in [-0.15, -0.1) is 0 Å². The Morgan fingerprint density at radius 1 is 1.28 bits per heavy atom. The maximum atomic E-state index is 12.7. The zero-order valence-electron chi connectivity index (χ0n) is 14.8. The zero-order chi connectivity index (χ0) is 18.6. The molecule has 2 rings (SSSR count). The van der Waals surface area contributed by atoms with Crippen LogP contribution < -0.4 is 10.0 Å². The van der Waals surface area contributed by atoms with Crippen molar-refractivity contribution < 1.29 is 18.0 Å². The molecule has 2 amide bonds. The summed E-state index contributed by atoms with van der Waals surface area (Å²) in [5, 5.41) is 2.89. The van der Waals surface area contributed by atoms with Gasteiger partial charge in [0.05, 0.1) is 12.2 Å². The Balaban J connectivity index is 2.09. The summed E-state index contributed by atoms with van der Waals surface area (Å²) in [6.07, 6.45) is 2.59. The Kier molecular flexibility index (Phi) is 6.05. The lowest BCUT2D eigenvalue weighted by Crippen LogP contribution is -2.46. The van der Waals surface area contributed by atoms with Crippen LogP contribution in [0.25, 0.3) is 0 Å². The molecule has 0 radical (unpaired) electrons. The van der Waals surface area contributed by atoms with Gasteiger partial charge in [0.25, 0.3) is 5.91 Å². The maximum Gasteiger partial charge on any atom is 0.253 e. The number of hydrogen-bond donors (Lipinski definition) is 2.